The quantitative estimate of drug-likeness (QED) is 0.693. The smallest absolute Gasteiger partial charge is 0.341 e. The predicted molar refractivity (Wildman–Crippen MR) is 114 cm³/mol. The van der Waals surface area contributed by atoms with Crippen LogP contribution < -0.4 is 10.2 Å². The van der Waals surface area contributed by atoms with Crippen molar-refractivity contribution < 1.29 is 19.0 Å². The summed E-state index contributed by atoms with van der Waals surface area (Å²) < 4.78 is 25.0. The van der Waals surface area contributed by atoms with Crippen LogP contribution in [0.25, 0.3) is 22.0 Å². The Kier molecular flexibility index (Phi) is 4.44. The molecule has 1 fully saturated rings. The van der Waals surface area contributed by atoms with E-state index >= 15 is 4.39 Å². The highest BCUT2D eigenvalue weighted by Crippen LogP contribution is 2.44. The molecule has 1 N–H and O–H groups in total. The number of methoxy groups -OCH3 is 1. The fourth-order valence-corrected chi connectivity index (χ4v) is 4.54. The SMILES string of the molecule is COc1c(-c2cc3n(c2)C[C@H](C)N(C)C3)c(F)cc2c(=O)c(C(=O)O)cn(C3CC3)c12. The summed E-state index contributed by atoms with van der Waals surface area (Å²) in [5.74, 6) is -1.65. The number of ether oxygens (including phenoxy) is 1. The molecule has 0 amide bonds. The summed E-state index contributed by atoms with van der Waals surface area (Å²) in [6, 6.07) is 3.56. The van der Waals surface area contributed by atoms with Gasteiger partial charge in [-0.1, -0.05) is 0 Å². The summed E-state index contributed by atoms with van der Waals surface area (Å²) in [5, 5.41) is 9.50. The largest absolute Gasteiger partial charge is 0.494 e. The van der Waals surface area contributed by atoms with E-state index in [4.69, 9.17) is 4.74 Å². The van der Waals surface area contributed by atoms with Gasteiger partial charge in [0.2, 0.25) is 5.43 Å². The number of carbonyl (C=O) groups is 1. The number of aromatic carboxylic acids is 1. The summed E-state index contributed by atoms with van der Waals surface area (Å²) in [4.78, 5) is 26.7. The standard InChI is InChI=1S/C23H24FN3O4/c1-12-8-26-9-13(6-15(26)10-25(12)2)19-18(24)7-16-20(22(19)31-3)27(14-4-5-14)11-17(21(16)28)23(29)30/h6-7,9,11-12,14H,4-5,8,10H2,1-3H3,(H,29,30)/t12-/m0/s1. The molecule has 1 atom stereocenters. The summed E-state index contributed by atoms with van der Waals surface area (Å²) in [5.41, 5.74) is 1.46. The molecular weight excluding hydrogens is 401 g/mol. The average Bonchev–Trinajstić information content (AvgIpc) is 3.49. The molecule has 7 nitrogen and oxygen atoms in total. The van der Waals surface area contributed by atoms with E-state index in [2.05, 4.69) is 23.4 Å². The maximum atomic E-state index is 15.4. The molecule has 31 heavy (non-hydrogen) atoms. The Balaban J connectivity index is 1.80. The Morgan fingerprint density at radius 1 is 1.26 bits per heavy atom. The zero-order chi connectivity index (χ0) is 22.0. The Morgan fingerprint density at radius 3 is 2.65 bits per heavy atom. The Bertz CT molecular complexity index is 1260. The maximum absolute atomic E-state index is 15.4. The van der Waals surface area contributed by atoms with Crippen molar-refractivity contribution in [2.45, 2.75) is 44.9 Å². The molecule has 5 rings (SSSR count). The van der Waals surface area contributed by atoms with E-state index in [9.17, 15) is 14.7 Å². The molecule has 162 valence electrons. The molecule has 3 aromatic rings. The summed E-state index contributed by atoms with van der Waals surface area (Å²) in [7, 11) is 3.52. The minimum absolute atomic E-state index is 0.0298. The lowest BCUT2D eigenvalue weighted by Gasteiger charge is -2.31. The van der Waals surface area contributed by atoms with Crippen molar-refractivity contribution in [1.82, 2.24) is 14.0 Å². The Labute approximate surface area is 178 Å². The molecule has 2 aliphatic rings. The Morgan fingerprint density at radius 2 is 2.00 bits per heavy atom. The number of nitrogens with zero attached hydrogens (tertiary/aromatic N) is 3. The van der Waals surface area contributed by atoms with Gasteiger partial charge >= 0.3 is 5.97 Å². The molecule has 2 aromatic heterocycles. The molecule has 3 heterocycles. The number of carboxylic acid groups (broad SMARTS) is 1. The van der Waals surface area contributed by atoms with E-state index in [0.717, 1.165) is 37.7 Å². The van der Waals surface area contributed by atoms with E-state index in [1.165, 1.54) is 13.3 Å². The summed E-state index contributed by atoms with van der Waals surface area (Å²) in [6.45, 7) is 3.71. The highest BCUT2D eigenvalue weighted by Gasteiger charge is 2.31. The Hall–Kier alpha value is -3.13. The van der Waals surface area contributed by atoms with Crippen LogP contribution in [0.3, 0.4) is 0 Å². The number of carboxylic acids is 1. The van der Waals surface area contributed by atoms with Gasteiger partial charge in [-0.05, 0) is 38.9 Å². The van der Waals surface area contributed by atoms with E-state index in [1.807, 2.05) is 12.3 Å². The van der Waals surface area contributed by atoms with Crippen LogP contribution in [-0.4, -0.2) is 45.3 Å². The van der Waals surface area contributed by atoms with Crippen molar-refractivity contribution >= 4 is 16.9 Å². The van der Waals surface area contributed by atoms with Crippen molar-refractivity contribution in [2.75, 3.05) is 14.2 Å². The zero-order valence-corrected chi connectivity index (χ0v) is 17.7. The predicted octanol–water partition coefficient (Wildman–Crippen LogP) is 3.48. The lowest BCUT2D eigenvalue weighted by Crippen LogP contribution is -2.37. The third kappa shape index (κ3) is 3.05. The monoisotopic (exact) mass is 425 g/mol. The second-order valence-electron chi connectivity index (χ2n) is 8.61. The van der Waals surface area contributed by atoms with Gasteiger partial charge in [-0.15, -0.1) is 0 Å². The molecule has 0 radical (unpaired) electrons. The molecule has 1 aromatic carbocycles. The average molecular weight is 425 g/mol. The molecule has 0 unspecified atom stereocenters. The number of likely N-dealkylation sites (N-methyl/N-ethyl adjacent to an activating group) is 1. The van der Waals surface area contributed by atoms with Gasteiger partial charge < -0.3 is 19.0 Å². The van der Waals surface area contributed by atoms with Crippen molar-refractivity contribution in [2.24, 2.45) is 0 Å². The zero-order valence-electron chi connectivity index (χ0n) is 17.7. The van der Waals surface area contributed by atoms with E-state index in [1.54, 1.807) is 4.57 Å². The number of aromatic nitrogens is 2. The van der Waals surface area contributed by atoms with Gasteiger partial charge in [-0.2, -0.15) is 0 Å². The third-order valence-corrected chi connectivity index (χ3v) is 6.50. The number of fused-ring (bicyclic) bond motifs is 2. The number of halogens is 1. The van der Waals surface area contributed by atoms with Crippen molar-refractivity contribution in [3.05, 3.63) is 51.8 Å². The first kappa shape index (κ1) is 19.8. The highest BCUT2D eigenvalue weighted by atomic mass is 19.1. The minimum atomic E-state index is -1.32. The second-order valence-corrected chi connectivity index (χ2v) is 8.61. The first-order valence-corrected chi connectivity index (χ1v) is 10.4. The minimum Gasteiger partial charge on any atom is -0.494 e. The highest BCUT2D eigenvalue weighted by molar-refractivity contribution is 5.98. The summed E-state index contributed by atoms with van der Waals surface area (Å²) >= 11 is 0. The first-order chi connectivity index (χ1) is 14.8. The molecular formula is C23H24FN3O4. The number of rotatable bonds is 4. The lowest BCUT2D eigenvalue weighted by atomic mass is 10.0. The van der Waals surface area contributed by atoms with Gasteiger partial charge in [-0.3, -0.25) is 9.69 Å². The van der Waals surface area contributed by atoms with Crippen molar-refractivity contribution in [1.29, 1.82) is 0 Å². The number of hydrogen-bond acceptors (Lipinski definition) is 4. The molecule has 0 bridgehead atoms. The topological polar surface area (TPSA) is 76.7 Å². The maximum Gasteiger partial charge on any atom is 0.341 e. The molecule has 8 heteroatoms. The van der Waals surface area contributed by atoms with E-state index in [-0.39, 0.29) is 22.7 Å². The van der Waals surface area contributed by atoms with Crippen LogP contribution in [0.4, 0.5) is 4.39 Å². The van der Waals surface area contributed by atoms with Crippen molar-refractivity contribution in [3.8, 4) is 16.9 Å². The van der Waals surface area contributed by atoms with Gasteiger partial charge in [0.05, 0.1) is 23.6 Å². The van der Waals surface area contributed by atoms with Crippen LogP contribution in [0, 0.1) is 5.82 Å². The normalized spacial score (nSPS) is 18.9. The van der Waals surface area contributed by atoms with Crippen LogP contribution in [0.1, 0.15) is 41.9 Å². The fourth-order valence-electron chi connectivity index (χ4n) is 4.54. The van der Waals surface area contributed by atoms with E-state index < -0.39 is 17.2 Å². The van der Waals surface area contributed by atoms with Gasteiger partial charge in [0.1, 0.15) is 11.4 Å². The van der Waals surface area contributed by atoms with Crippen LogP contribution in [0.15, 0.2) is 29.3 Å². The number of pyridine rings is 1. The number of hydrogen-bond donors (Lipinski definition) is 1. The first-order valence-electron chi connectivity index (χ1n) is 10.4. The molecule has 0 saturated heterocycles. The summed E-state index contributed by atoms with van der Waals surface area (Å²) in [6.07, 6.45) is 5.04. The lowest BCUT2D eigenvalue weighted by molar-refractivity contribution is 0.0695. The molecule has 1 saturated carbocycles. The molecule has 1 aliphatic carbocycles. The third-order valence-electron chi connectivity index (χ3n) is 6.50. The molecule has 0 spiro atoms. The van der Waals surface area contributed by atoms with Crippen LogP contribution in [-0.2, 0) is 13.1 Å². The van der Waals surface area contributed by atoms with Gasteiger partial charge in [0.15, 0.2) is 5.75 Å². The fraction of sp³-hybridized carbons (Fsp3) is 0.391. The van der Waals surface area contributed by atoms with Gasteiger partial charge in [0, 0.05) is 48.8 Å². The van der Waals surface area contributed by atoms with Crippen LogP contribution in [0.5, 0.6) is 5.75 Å². The van der Waals surface area contributed by atoms with Gasteiger partial charge in [-0.25, -0.2) is 9.18 Å². The van der Waals surface area contributed by atoms with Crippen molar-refractivity contribution in [3.63, 3.8) is 0 Å². The van der Waals surface area contributed by atoms with E-state index in [0.29, 0.717) is 22.7 Å². The number of benzene rings is 1. The second kappa shape index (κ2) is 6.95. The molecule has 1 aliphatic heterocycles. The van der Waals surface area contributed by atoms with Crippen LogP contribution in [0.2, 0.25) is 0 Å². The van der Waals surface area contributed by atoms with Crippen LogP contribution >= 0.6 is 0 Å². The van der Waals surface area contributed by atoms with Gasteiger partial charge in [0.25, 0.3) is 0 Å².